The highest BCUT2D eigenvalue weighted by Crippen LogP contribution is 2.23. The number of carbonyl (C=O) groups is 1. The molecule has 0 aliphatic heterocycles. The van der Waals surface area contributed by atoms with E-state index in [2.05, 4.69) is 20.7 Å². The first-order chi connectivity index (χ1) is 7.19. The van der Waals surface area contributed by atoms with Crippen molar-refractivity contribution in [3.63, 3.8) is 0 Å². The Morgan fingerprint density at radius 2 is 2.20 bits per heavy atom. The summed E-state index contributed by atoms with van der Waals surface area (Å²) in [6, 6.07) is 9.14. The van der Waals surface area contributed by atoms with Crippen LogP contribution < -0.4 is 0 Å². The van der Waals surface area contributed by atoms with Crippen molar-refractivity contribution in [1.29, 1.82) is 5.26 Å². The molecule has 0 aliphatic carbocycles. The normalized spacial score (nSPS) is 10.6. The molecular weight excluding hydrogens is 258 g/mol. The van der Waals surface area contributed by atoms with Gasteiger partial charge >= 0.3 is 5.97 Å². The minimum absolute atomic E-state index is 0.273. The molecule has 0 saturated carbocycles. The van der Waals surface area contributed by atoms with E-state index in [9.17, 15) is 4.79 Å². The molecule has 1 rings (SSSR count). The van der Waals surface area contributed by atoms with Crippen molar-refractivity contribution in [2.45, 2.75) is 0 Å². The molecule has 0 atom stereocenters. The lowest BCUT2D eigenvalue weighted by atomic mass is 10.1. The predicted molar refractivity (Wildman–Crippen MR) is 59.7 cm³/mol. The van der Waals surface area contributed by atoms with Gasteiger partial charge in [0.25, 0.3) is 0 Å². The van der Waals surface area contributed by atoms with Crippen LogP contribution in [0.25, 0.3) is 5.57 Å². The molecule has 4 heteroatoms. The van der Waals surface area contributed by atoms with Gasteiger partial charge in [0.1, 0.15) is 6.07 Å². The Hall–Kier alpha value is -1.60. The maximum absolute atomic E-state index is 11.0. The highest BCUT2D eigenvalue weighted by Gasteiger charge is 2.07. The number of carbonyl (C=O) groups excluding carboxylic acids is 1. The van der Waals surface area contributed by atoms with Gasteiger partial charge in [-0.2, -0.15) is 5.26 Å². The van der Waals surface area contributed by atoms with Crippen LogP contribution in [-0.4, -0.2) is 13.1 Å². The minimum Gasteiger partial charge on any atom is -0.466 e. The molecule has 0 fully saturated rings. The Kier molecular flexibility index (Phi) is 4.07. The van der Waals surface area contributed by atoms with E-state index in [4.69, 9.17) is 5.26 Å². The first-order valence-electron chi connectivity index (χ1n) is 4.13. The van der Waals surface area contributed by atoms with Crippen LogP contribution in [0, 0.1) is 11.3 Å². The van der Waals surface area contributed by atoms with Gasteiger partial charge in [-0.25, -0.2) is 4.79 Å². The molecule has 0 amide bonds. The molecule has 1 aromatic carbocycles. The number of nitrogens with zero attached hydrogens (tertiary/aromatic N) is 1. The number of halogens is 1. The van der Waals surface area contributed by atoms with Gasteiger partial charge in [-0.3, -0.25) is 0 Å². The van der Waals surface area contributed by atoms with Crippen LogP contribution in [0.5, 0.6) is 0 Å². The van der Waals surface area contributed by atoms with Crippen LogP contribution in [0.4, 0.5) is 0 Å². The second-order valence-corrected chi connectivity index (χ2v) is 3.53. The maximum atomic E-state index is 11.0. The summed E-state index contributed by atoms with van der Waals surface area (Å²) in [5.41, 5.74) is 0.944. The lowest BCUT2D eigenvalue weighted by molar-refractivity contribution is -0.134. The number of ether oxygens (including phenoxy) is 1. The zero-order valence-corrected chi connectivity index (χ0v) is 9.61. The lowest BCUT2D eigenvalue weighted by Gasteiger charge is -2.01. The van der Waals surface area contributed by atoms with Crippen molar-refractivity contribution in [3.8, 4) is 6.07 Å². The summed E-state index contributed by atoms with van der Waals surface area (Å²) in [5.74, 6) is -0.540. The van der Waals surface area contributed by atoms with Crippen LogP contribution in [0.2, 0.25) is 0 Å². The van der Waals surface area contributed by atoms with Crippen molar-refractivity contribution in [1.82, 2.24) is 0 Å². The third kappa shape index (κ3) is 2.93. The molecular formula is C11H8BrNO2. The van der Waals surface area contributed by atoms with Crippen LogP contribution in [0.1, 0.15) is 5.56 Å². The van der Waals surface area contributed by atoms with E-state index in [1.807, 2.05) is 12.1 Å². The zero-order chi connectivity index (χ0) is 11.3. The number of esters is 1. The van der Waals surface area contributed by atoms with Crippen molar-refractivity contribution < 1.29 is 9.53 Å². The summed E-state index contributed by atoms with van der Waals surface area (Å²) in [6.45, 7) is 0. The summed E-state index contributed by atoms with van der Waals surface area (Å²) < 4.78 is 5.23. The van der Waals surface area contributed by atoms with Gasteiger partial charge < -0.3 is 4.74 Å². The van der Waals surface area contributed by atoms with E-state index in [0.29, 0.717) is 5.56 Å². The van der Waals surface area contributed by atoms with E-state index in [-0.39, 0.29) is 5.57 Å². The fraction of sp³-hybridized carbons (Fsp3) is 0.0909. The van der Waals surface area contributed by atoms with Crippen LogP contribution in [-0.2, 0) is 9.53 Å². The maximum Gasteiger partial charge on any atom is 0.331 e. The number of benzene rings is 1. The average molecular weight is 266 g/mol. The number of allylic oxidation sites excluding steroid dienone is 1. The van der Waals surface area contributed by atoms with Crippen molar-refractivity contribution in [2.75, 3.05) is 7.11 Å². The Morgan fingerprint density at radius 1 is 1.53 bits per heavy atom. The molecule has 1 aromatic rings. The Balaban J connectivity index is 3.16. The third-order valence-corrected chi connectivity index (χ3v) is 2.44. The predicted octanol–water partition coefficient (Wildman–Crippen LogP) is 2.53. The number of hydrogen-bond acceptors (Lipinski definition) is 3. The van der Waals surface area contributed by atoms with Gasteiger partial charge in [-0.05, 0) is 6.07 Å². The second kappa shape index (κ2) is 5.32. The molecule has 0 spiro atoms. The number of nitriles is 1. The van der Waals surface area contributed by atoms with Crippen molar-refractivity contribution >= 4 is 27.5 Å². The summed E-state index contributed by atoms with van der Waals surface area (Å²) in [7, 11) is 1.27. The third-order valence-electron chi connectivity index (χ3n) is 1.75. The topological polar surface area (TPSA) is 50.1 Å². The summed E-state index contributed by atoms with van der Waals surface area (Å²) in [4.78, 5) is 11.0. The van der Waals surface area contributed by atoms with Gasteiger partial charge in [0, 0.05) is 16.1 Å². The first-order valence-corrected chi connectivity index (χ1v) is 4.93. The highest BCUT2D eigenvalue weighted by molar-refractivity contribution is 9.10. The Morgan fingerprint density at radius 3 is 2.73 bits per heavy atom. The molecule has 0 bridgehead atoms. The zero-order valence-electron chi connectivity index (χ0n) is 8.03. The number of hydrogen-bond donors (Lipinski definition) is 0. The summed E-state index contributed by atoms with van der Waals surface area (Å²) in [6.07, 6.45) is 1.17. The van der Waals surface area contributed by atoms with Gasteiger partial charge in [0.15, 0.2) is 0 Å². The molecule has 0 aliphatic rings. The van der Waals surface area contributed by atoms with Gasteiger partial charge in [-0.1, -0.05) is 34.1 Å². The van der Waals surface area contributed by atoms with Crippen molar-refractivity contribution in [2.24, 2.45) is 0 Å². The molecule has 0 saturated heterocycles. The van der Waals surface area contributed by atoms with E-state index < -0.39 is 5.97 Å². The molecule has 15 heavy (non-hydrogen) atoms. The molecule has 0 heterocycles. The number of rotatable bonds is 2. The van der Waals surface area contributed by atoms with Gasteiger partial charge in [0.2, 0.25) is 0 Å². The first kappa shape index (κ1) is 11.5. The fourth-order valence-corrected chi connectivity index (χ4v) is 1.53. The minimum atomic E-state index is -0.540. The average Bonchev–Trinajstić information content (AvgIpc) is 2.26. The van der Waals surface area contributed by atoms with Crippen molar-refractivity contribution in [3.05, 3.63) is 40.4 Å². The quantitative estimate of drug-likeness (QED) is 0.469. The molecule has 3 nitrogen and oxygen atoms in total. The summed E-state index contributed by atoms with van der Waals surface area (Å²) >= 11 is 3.31. The molecule has 0 radical (unpaired) electrons. The Bertz CT molecular complexity index is 446. The van der Waals surface area contributed by atoms with E-state index in [1.165, 1.54) is 13.2 Å². The Labute approximate surface area is 96.1 Å². The SMILES string of the molecule is COC(=O)C=C(C#N)c1ccccc1Br. The smallest absolute Gasteiger partial charge is 0.331 e. The molecule has 76 valence electrons. The lowest BCUT2D eigenvalue weighted by Crippen LogP contribution is -1.96. The monoisotopic (exact) mass is 265 g/mol. The van der Waals surface area contributed by atoms with E-state index in [0.717, 1.165) is 4.47 Å². The van der Waals surface area contributed by atoms with Crippen LogP contribution in [0.3, 0.4) is 0 Å². The standard InChI is InChI=1S/C11H8BrNO2/c1-15-11(14)6-8(7-13)9-4-2-3-5-10(9)12/h2-6H,1H3. The fourth-order valence-electron chi connectivity index (χ4n) is 1.03. The van der Waals surface area contributed by atoms with E-state index in [1.54, 1.807) is 18.2 Å². The second-order valence-electron chi connectivity index (χ2n) is 2.67. The summed E-state index contributed by atoms with van der Waals surface area (Å²) in [5, 5.41) is 8.90. The van der Waals surface area contributed by atoms with E-state index >= 15 is 0 Å². The largest absolute Gasteiger partial charge is 0.466 e. The van der Waals surface area contributed by atoms with Crippen LogP contribution >= 0.6 is 15.9 Å². The van der Waals surface area contributed by atoms with Crippen LogP contribution in [0.15, 0.2) is 34.8 Å². The van der Waals surface area contributed by atoms with Gasteiger partial charge in [0.05, 0.1) is 12.7 Å². The number of methoxy groups -OCH3 is 1. The van der Waals surface area contributed by atoms with Gasteiger partial charge in [-0.15, -0.1) is 0 Å². The molecule has 0 N–H and O–H groups in total. The molecule has 0 unspecified atom stereocenters. The highest BCUT2D eigenvalue weighted by atomic mass is 79.9. The molecule has 0 aromatic heterocycles.